The number of fused-ring (bicyclic) bond motifs is 1. The number of unbranched alkanes of at least 4 members (excludes halogenated alkanes) is 1. The van der Waals surface area contributed by atoms with Gasteiger partial charge in [-0.15, -0.1) is 11.8 Å². The molecule has 8 rings (SSSR count). The molecule has 15 amide bonds. The van der Waals surface area contributed by atoms with Crippen LogP contribution in [0.25, 0.3) is 10.9 Å². The van der Waals surface area contributed by atoms with E-state index in [1.54, 1.807) is 133 Å². The van der Waals surface area contributed by atoms with E-state index in [2.05, 4.69) is 74.1 Å². The fourth-order valence-electron chi connectivity index (χ4n) is 15.7. The number of rotatable bonds is 43. The van der Waals surface area contributed by atoms with Gasteiger partial charge in [-0.1, -0.05) is 157 Å². The number of amides is 15. The Hall–Kier alpha value is -13.6. The van der Waals surface area contributed by atoms with Gasteiger partial charge < -0.3 is 135 Å². The molecule has 41 nitrogen and oxygen atoms in total. The standard InChI is InChI=1S/C103H141N17O24S/c1-63(2)50-78-95(131)118-86(94(130)106-39-41-141-43-45-143-47-49-144-48-46-142-44-42-140-40-37-88(125)109-77(92(105)128)24-16-17-38-104)61-145-62-90(127)111-80(52-66-18-10-8-11-19-66)96(132)113-81(53-68-25-31-72(122)32-26-68)97(133)112-79(51-64(3)4)100(136)119-91(65(5)6)102(138)115-82(54-69-27-33-73(123)34-28-69)98(134)117-85(60-121)93(129)108-59-89(126)110-83(57-71-58-107-76-23-15-14-22-75(71)76)99(135)116-84(55-70-29-35-74(124)36-30-70)103(139)120(7)87(101(137)114-78)56-67-20-12-9-13-21-67/h8-15,18-23,25-36,58,63-65,77-87,91,107,121-124H,16-17,24,37-57,59-62,104H2,1-7H3,(H2,105,128)(H,106,130)(H,108,129)(H,109,125)(H,110,126)(H,111,127)(H,112,133)(H,113,132)(H,114,137)(H,115,138)(H,116,135)(H,117,134)(H,118,131)(H,119,136)/t77-,78-,79-,80-,81-,82-,83-,84-,85-,86-,87-,91-/m0/s1. The third-order valence-electron chi connectivity index (χ3n) is 23.5. The van der Waals surface area contributed by atoms with Gasteiger partial charge >= 0.3 is 0 Å². The number of phenolic OH excluding ortho intramolecular Hbond substituents is 3. The number of H-pyrrole nitrogens is 1. The molecule has 42 heteroatoms. The zero-order valence-corrected chi connectivity index (χ0v) is 83.8. The molecule has 1 aromatic heterocycles. The minimum Gasteiger partial charge on any atom is -0.508 e. The number of aromatic amines is 1. The van der Waals surface area contributed by atoms with E-state index in [1.165, 1.54) is 79.8 Å². The van der Waals surface area contributed by atoms with Crippen LogP contribution in [0.15, 0.2) is 164 Å². The molecule has 22 N–H and O–H groups in total. The first-order chi connectivity index (χ1) is 69.5. The molecule has 788 valence electrons. The maximum absolute atomic E-state index is 15.8. The quantitative estimate of drug-likeness (QED) is 0.0237. The second kappa shape index (κ2) is 62.2. The number of hydrogen-bond donors (Lipinski definition) is 20. The topological polar surface area (TPSA) is 611 Å². The van der Waals surface area contributed by atoms with Crippen LogP contribution >= 0.6 is 11.8 Å². The number of nitrogens with one attached hydrogen (secondary N) is 14. The summed E-state index contributed by atoms with van der Waals surface area (Å²) in [6.45, 7) is 10.3. The van der Waals surface area contributed by atoms with Gasteiger partial charge in [-0.25, -0.2) is 0 Å². The molecule has 0 saturated carbocycles. The van der Waals surface area contributed by atoms with Crippen molar-refractivity contribution < 1.29 is 116 Å². The van der Waals surface area contributed by atoms with Gasteiger partial charge in [0, 0.05) is 81.4 Å². The number of phenols is 3. The number of para-hydroxylation sites is 1. The lowest BCUT2D eigenvalue weighted by molar-refractivity contribution is -0.143. The third-order valence-corrected chi connectivity index (χ3v) is 24.6. The number of nitrogens with two attached hydrogens (primary N) is 2. The van der Waals surface area contributed by atoms with Crippen molar-refractivity contribution in [2.45, 2.75) is 191 Å². The van der Waals surface area contributed by atoms with Crippen molar-refractivity contribution in [1.82, 2.24) is 79.0 Å². The number of carbonyl (C=O) groups is 15. The number of nitrogens with zero attached hydrogens (tertiary/aromatic N) is 1. The second-order valence-electron chi connectivity index (χ2n) is 36.5. The van der Waals surface area contributed by atoms with Crippen LogP contribution in [0.5, 0.6) is 17.2 Å². The normalized spacial score (nSPS) is 20.6. The summed E-state index contributed by atoms with van der Waals surface area (Å²) in [5, 5.41) is 77.8. The molecular formula is C103H141N17O24S. The van der Waals surface area contributed by atoms with Gasteiger partial charge in [0.1, 0.15) is 89.8 Å². The van der Waals surface area contributed by atoms with Gasteiger partial charge in [0.2, 0.25) is 88.6 Å². The van der Waals surface area contributed by atoms with Crippen LogP contribution < -0.4 is 80.6 Å². The highest BCUT2D eigenvalue weighted by Crippen LogP contribution is 2.24. The summed E-state index contributed by atoms with van der Waals surface area (Å²) in [7, 11) is 1.33. The fraction of sp³-hybridized carbons (Fsp3) is 0.485. The van der Waals surface area contributed by atoms with Gasteiger partial charge in [0.15, 0.2) is 0 Å². The van der Waals surface area contributed by atoms with Crippen LogP contribution in [-0.2, 0) is 134 Å². The van der Waals surface area contributed by atoms with Crippen LogP contribution in [0.3, 0.4) is 0 Å². The van der Waals surface area contributed by atoms with Crippen molar-refractivity contribution in [3.8, 4) is 17.2 Å². The van der Waals surface area contributed by atoms with Crippen molar-refractivity contribution >= 4 is 111 Å². The Morgan fingerprint density at radius 2 is 0.869 bits per heavy atom. The summed E-state index contributed by atoms with van der Waals surface area (Å²) in [6, 6.07) is 23.6. The lowest BCUT2D eigenvalue weighted by Crippen LogP contribution is -2.61. The molecule has 0 radical (unpaired) electrons. The number of aromatic hydroxyl groups is 3. The molecule has 1 saturated heterocycles. The first-order valence-corrected chi connectivity index (χ1v) is 49.9. The lowest BCUT2D eigenvalue weighted by Gasteiger charge is -2.33. The highest BCUT2D eigenvalue weighted by Gasteiger charge is 2.40. The number of aliphatic hydroxyl groups is 1. The summed E-state index contributed by atoms with van der Waals surface area (Å²) in [5.41, 5.74) is 14.4. The highest BCUT2D eigenvalue weighted by molar-refractivity contribution is 8.00. The first-order valence-electron chi connectivity index (χ1n) is 48.7. The average Bonchev–Trinajstić information content (AvgIpc) is 1.72. The van der Waals surface area contributed by atoms with Gasteiger partial charge in [0.25, 0.3) is 0 Å². The first kappa shape index (κ1) is 117. The van der Waals surface area contributed by atoms with E-state index in [1.807, 2.05) is 0 Å². The molecule has 7 aromatic rings. The zero-order valence-electron chi connectivity index (χ0n) is 83.0. The number of carbonyl (C=O) groups excluding carboxylic acids is 15. The summed E-state index contributed by atoms with van der Waals surface area (Å²) in [5.74, 6) is -15.4. The molecule has 0 unspecified atom stereocenters. The maximum Gasteiger partial charge on any atom is 0.245 e. The van der Waals surface area contributed by atoms with Gasteiger partial charge in [-0.2, -0.15) is 0 Å². The van der Waals surface area contributed by atoms with E-state index >= 15 is 28.8 Å². The molecule has 2 heterocycles. The van der Waals surface area contributed by atoms with Gasteiger partial charge in [-0.3, -0.25) is 71.9 Å². The van der Waals surface area contributed by atoms with Crippen molar-refractivity contribution in [2.75, 3.05) is 111 Å². The zero-order chi connectivity index (χ0) is 105. The van der Waals surface area contributed by atoms with E-state index in [4.69, 9.17) is 35.2 Å². The van der Waals surface area contributed by atoms with Crippen molar-refractivity contribution in [1.29, 1.82) is 0 Å². The molecule has 0 aliphatic carbocycles. The van der Waals surface area contributed by atoms with Gasteiger partial charge in [0.05, 0.1) is 85.0 Å². The minimum absolute atomic E-state index is 0.0268. The monoisotopic (exact) mass is 2030 g/mol. The second-order valence-corrected chi connectivity index (χ2v) is 37.5. The van der Waals surface area contributed by atoms with Crippen molar-refractivity contribution in [3.05, 3.63) is 197 Å². The number of likely N-dealkylation sites (N-methyl/N-ethyl adjacent to an activating group) is 1. The number of hydrogen-bond acceptors (Lipinski definition) is 26. The molecule has 0 bridgehead atoms. The number of benzene rings is 6. The number of primary amides is 1. The Kier molecular flexibility index (Phi) is 50.0. The summed E-state index contributed by atoms with van der Waals surface area (Å²) < 4.78 is 28.2. The summed E-state index contributed by atoms with van der Waals surface area (Å²) in [4.78, 5) is 224. The average molecular weight is 2030 g/mol. The summed E-state index contributed by atoms with van der Waals surface area (Å²) >= 11 is 0.885. The third kappa shape index (κ3) is 41.6. The number of ether oxygens (including phenoxy) is 5. The Bertz CT molecular complexity index is 5320. The predicted molar refractivity (Wildman–Crippen MR) is 541 cm³/mol. The Morgan fingerprint density at radius 1 is 0.448 bits per heavy atom. The summed E-state index contributed by atoms with van der Waals surface area (Å²) in [6.07, 6.45) is 1.81. The molecule has 1 fully saturated rings. The minimum atomic E-state index is -1.83. The Balaban J connectivity index is 1.09. The Labute approximate surface area is 847 Å². The molecule has 12 atom stereocenters. The SMILES string of the molecule is CC(C)C[C@@H]1NC(=O)[C@H](Cc2ccc(O)cc2)NC(=O)[C@H](Cc2ccccc2)NC(=O)CSC[C@@H](C(=O)NCCOCCOCCOCCOCCOCCC(=O)N[C@@H](CCCCN)C(N)=O)NC(=O)[C@H](CC(C)C)NC(=O)[C@H](Cc2ccccc2)N(C)C(=O)[C@H](Cc2ccc(O)cc2)NC(=O)[C@H](Cc2c[nH]c3ccccc23)NC(=O)CNC(=O)[C@H](CO)NC(=O)[C@H](Cc2ccc(O)cc2)NC(=O)[C@H](C(C)C)NC1=O. The number of aliphatic hydroxyl groups excluding tert-OH is 1. The van der Waals surface area contributed by atoms with Crippen LogP contribution in [0.2, 0.25) is 0 Å². The van der Waals surface area contributed by atoms with E-state index < -0.39 is 180 Å². The molecule has 1 aliphatic rings. The van der Waals surface area contributed by atoms with Gasteiger partial charge in [-0.05, 0) is 132 Å². The number of thioether (sulfide) groups is 1. The van der Waals surface area contributed by atoms with Crippen LogP contribution in [-0.4, -0.2) is 302 Å². The van der Waals surface area contributed by atoms with Crippen molar-refractivity contribution in [3.63, 3.8) is 0 Å². The van der Waals surface area contributed by atoms with Crippen LogP contribution in [0.4, 0.5) is 0 Å². The van der Waals surface area contributed by atoms with Crippen LogP contribution in [0, 0.1) is 17.8 Å². The van der Waals surface area contributed by atoms with E-state index in [0.29, 0.717) is 70.1 Å². The van der Waals surface area contributed by atoms with E-state index in [-0.39, 0.29) is 171 Å². The van der Waals surface area contributed by atoms with E-state index in [9.17, 15) is 63.6 Å². The Morgan fingerprint density at radius 3 is 1.37 bits per heavy atom. The molecule has 6 aromatic carbocycles. The smallest absolute Gasteiger partial charge is 0.245 e. The fourth-order valence-corrected chi connectivity index (χ4v) is 16.6. The highest BCUT2D eigenvalue weighted by atomic mass is 32.2. The molecule has 0 spiro atoms. The maximum atomic E-state index is 15.8. The number of aromatic nitrogens is 1. The molecular weight excluding hydrogens is 1890 g/mol. The van der Waals surface area contributed by atoms with Crippen LogP contribution in [0.1, 0.15) is 113 Å². The largest absolute Gasteiger partial charge is 0.508 e. The van der Waals surface area contributed by atoms with Crippen molar-refractivity contribution in [2.24, 2.45) is 29.2 Å². The lowest BCUT2D eigenvalue weighted by atomic mass is 9.98. The predicted octanol–water partition coefficient (Wildman–Crippen LogP) is 1.01. The molecule has 145 heavy (non-hydrogen) atoms. The van der Waals surface area contributed by atoms with E-state index in [0.717, 1.165) is 16.7 Å². The molecule has 1 aliphatic heterocycles.